The Kier molecular flexibility index (Phi) is 8.43. The smallest absolute Gasteiger partial charge is 0.119 e. The highest BCUT2D eigenvalue weighted by Crippen LogP contribution is 2.18. The number of nitrogens with zero attached hydrogens (tertiary/aromatic N) is 3. The van der Waals surface area contributed by atoms with Crippen LogP contribution in [0.2, 0.25) is 0 Å². The third-order valence-corrected chi connectivity index (χ3v) is 6.05. The average molecular weight is 374 g/mol. The molecule has 0 saturated carbocycles. The van der Waals surface area contributed by atoms with Crippen LogP contribution in [0.25, 0.3) is 0 Å². The summed E-state index contributed by atoms with van der Waals surface area (Å²) in [5, 5.41) is 0. The molecule has 3 rings (SSSR count). The molecule has 4 heteroatoms. The molecule has 152 valence electrons. The number of benzene rings is 1. The molecule has 2 heterocycles. The highest BCUT2D eigenvalue weighted by atomic mass is 16.5. The van der Waals surface area contributed by atoms with Crippen molar-refractivity contribution in [3.8, 4) is 5.75 Å². The second kappa shape index (κ2) is 11.0. The van der Waals surface area contributed by atoms with E-state index in [9.17, 15) is 0 Å². The SMILES string of the molecule is CC1CN(C)CCCN1Cc1cccc(OCCCCN2CCCCC2)c1. The first-order valence-electron chi connectivity index (χ1n) is 11.1. The first-order valence-corrected chi connectivity index (χ1v) is 11.1. The molecule has 2 aliphatic rings. The Bertz CT molecular complexity index is 544. The van der Waals surface area contributed by atoms with Gasteiger partial charge in [-0.3, -0.25) is 4.90 Å². The van der Waals surface area contributed by atoms with Gasteiger partial charge in [-0.05, 0) is 90.0 Å². The number of likely N-dealkylation sites (N-methyl/N-ethyl adjacent to an activating group) is 1. The lowest BCUT2D eigenvalue weighted by atomic mass is 10.1. The Morgan fingerprint density at radius 1 is 1.00 bits per heavy atom. The van der Waals surface area contributed by atoms with Crippen molar-refractivity contribution in [3.63, 3.8) is 0 Å². The van der Waals surface area contributed by atoms with Gasteiger partial charge in [0, 0.05) is 25.7 Å². The molecule has 0 amide bonds. The van der Waals surface area contributed by atoms with E-state index in [4.69, 9.17) is 4.74 Å². The molecular weight excluding hydrogens is 334 g/mol. The molecule has 1 aromatic rings. The van der Waals surface area contributed by atoms with E-state index in [1.165, 1.54) is 70.4 Å². The number of hydrogen-bond donors (Lipinski definition) is 0. The summed E-state index contributed by atoms with van der Waals surface area (Å²) in [6, 6.07) is 9.34. The Labute approximate surface area is 166 Å². The van der Waals surface area contributed by atoms with Gasteiger partial charge in [-0.2, -0.15) is 0 Å². The molecule has 2 aliphatic heterocycles. The predicted molar refractivity (Wildman–Crippen MR) is 113 cm³/mol. The van der Waals surface area contributed by atoms with Crippen molar-refractivity contribution in [2.24, 2.45) is 0 Å². The van der Waals surface area contributed by atoms with Gasteiger partial charge in [0.15, 0.2) is 0 Å². The molecule has 4 nitrogen and oxygen atoms in total. The normalized spacial score (nSPS) is 23.3. The van der Waals surface area contributed by atoms with Gasteiger partial charge in [0.1, 0.15) is 5.75 Å². The van der Waals surface area contributed by atoms with Crippen molar-refractivity contribution in [2.45, 2.75) is 58.0 Å². The van der Waals surface area contributed by atoms with E-state index in [0.717, 1.165) is 31.9 Å². The Morgan fingerprint density at radius 3 is 2.70 bits per heavy atom. The zero-order chi connectivity index (χ0) is 18.9. The van der Waals surface area contributed by atoms with E-state index in [0.29, 0.717) is 6.04 Å². The van der Waals surface area contributed by atoms with Crippen molar-refractivity contribution in [1.82, 2.24) is 14.7 Å². The molecule has 1 unspecified atom stereocenters. The van der Waals surface area contributed by atoms with Gasteiger partial charge in [-0.1, -0.05) is 18.6 Å². The highest BCUT2D eigenvalue weighted by molar-refractivity contribution is 5.28. The summed E-state index contributed by atoms with van der Waals surface area (Å²) in [6.45, 7) is 11.6. The van der Waals surface area contributed by atoms with E-state index in [2.05, 4.69) is 52.9 Å². The topological polar surface area (TPSA) is 19.0 Å². The number of rotatable bonds is 8. The second-order valence-corrected chi connectivity index (χ2v) is 8.54. The van der Waals surface area contributed by atoms with Gasteiger partial charge in [-0.15, -0.1) is 0 Å². The Balaban J connectivity index is 1.39. The molecule has 0 spiro atoms. The molecular formula is C23H39N3O. The molecule has 27 heavy (non-hydrogen) atoms. The van der Waals surface area contributed by atoms with Crippen LogP contribution >= 0.6 is 0 Å². The summed E-state index contributed by atoms with van der Waals surface area (Å²) in [6.07, 6.45) is 7.84. The fourth-order valence-corrected chi connectivity index (χ4v) is 4.44. The standard InChI is InChI=1S/C23H39N3O/c1-21-19-24(2)12-9-16-26(21)20-22-10-8-11-23(18-22)27-17-7-6-15-25-13-4-3-5-14-25/h8,10-11,18,21H,3-7,9,12-17,19-20H2,1-2H3. The maximum atomic E-state index is 6.05. The fraction of sp³-hybridized carbons (Fsp3) is 0.739. The molecule has 0 aromatic heterocycles. The van der Waals surface area contributed by atoms with Gasteiger partial charge in [0.25, 0.3) is 0 Å². The maximum Gasteiger partial charge on any atom is 0.119 e. The zero-order valence-electron chi connectivity index (χ0n) is 17.5. The summed E-state index contributed by atoms with van der Waals surface area (Å²) >= 11 is 0. The minimum Gasteiger partial charge on any atom is -0.494 e. The molecule has 2 saturated heterocycles. The highest BCUT2D eigenvalue weighted by Gasteiger charge is 2.19. The Morgan fingerprint density at radius 2 is 1.85 bits per heavy atom. The molecule has 1 atom stereocenters. The van der Waals surface area contributed by atoms with Gasteiger partial charge in [0.05, 0.1) is 6.61 Å². The van der Waals surface area contributed by atoms with Crippen LogP contribution in [0.3, 0.4) is 0 Å². The van der Waals surface area contributed by atoms with Crippen molar-refractivity contribution >= 4 is 0 Å². The first kappa shape index (κ1) is 20.6. The monoisotopic (exact) mass is 373 g/mol. The van der Waals surface area contributed by atoms with Crippen LogP contribution in [0.1, 0.15) is 51.0 Å². The molecule has 0 aliphatic carbocycles. The first-order chi connectivity index (χ1) is 13.2. The van der Waals surface area contributed by atoms with Crippen molar-refractivity contribution in [3.05, 3.63) is 29.8 Å². The zero-order valence-corrected chi connectivity index (χ0v) is 17.5. The fourth-order valence-electron chi connectivity index (χ4n) is 4.44. The number of piperidine rings is 1. The lowest BCUT2D eigenvalue weighted by Gasteiger charge is -2.28. The molecule has 2 fully saturated rings. The molecule has 0 bridgehead atoms. The third-order valence-electron chi connectivity index (χ3n) is 6.05. The van der Waals surface area contributed by atoms with Crippen molar-refractivity contribution < 1.29 is 4.74 Å². The summed E-state index contributed by atoms with van der Waals surface area (Å²) in [5.74, 6) is 1.03. The van der Waals surface area contributed by atoms with Crippen LogP contribution in [0.5, 0.6) is 5.75 Å². The summed E-state index contributed by atoms with van der Waals surface area (Å²) in [4.78, 5) is 7.68. The molecule has 0 radical (unpaired) electrons. The molecule has 0 N–H and O–H groups in total. The van der Waals surface area contributed by atoms with Crippen LogP contribution < -0.4 is 4.74 Å². The lowest BCUT2D eigenvalue weighted by Crippen LogP contribution is -2.37. The van der Waals surface area contributed by atoms with E-state index in [1.807, 2.05) is 0 Å². The van der Waals surface area contributed by atoms with Gasteiger partial charge >= 0.3 is 0 Å². The van der Waals surface area contributed by atoms with Crippen LogP contribution in [0.4, 0.5) is 0 Å². The third kappa shape index (κ3) is 7.10. The summed E-state index contributed by atoms with van der Waals surface area (Å²) < 4.78 is 6.05. The van der Waals surface area contributed by atoms with Gasteiger partial charge < -0.3 is 14.5 Å². The lowest BCUT2D eigenvalue weighted by molar-refractivity contribution is 0.194. The van der Waals surface area contributed by atoms with Crippen LogP contribution in [-0.4, -0.2) is 73.7 Å². The van der Waals surface area contributed by atoms with Crippen LogP contribution in [0.15, 0.2) is 24.3 Å². The number of likely N-dealkylation sites (tertiary alicyclic amines) is 1. The summed E-state index contributed by atoms with van der Waals surface area (Å²) in [5.41, 5.74) is 1.37. The van der Waals surface area contributed by atoms with E-state index in [-0.39, 0.29) is 0 Å². The number of ether oxygens (including phenoxy) is 1. The van der Waals surface area contributed by atoms with Crippen LogP contribution in [-0.2, 0) is 6.54 Å². The predicted octanol–water partition coefficient (Wildman–Crippen LogP) is 3.86. The van der Waals surface area contributed by atoms with E-state index in [1.54, 1.807) is 0 Å². The quantitative estimate of drug-likeness (QED) is 0.644. The van der Waals surface area contributed by atoms with Crippen molar-refractivity contribution in [2.75, 3.05) is 52.9 Å². The average Bonchev–Trinajstić information content (AvgIpc) is 2.83. The largest absolute Gasteiger partial charge is 0.494 e. The van der Waals surface area contributed by atoms with E-state index >= 15 is 0 Å². The second-order valence-electron chi connectivity index (χ2n) is 8.54. The minimum absolute atomic E-state index is 0.608. The van der Waals surface area contributed by atoms with Gasteiger partial charge in [-0.25, -0.2) is 0 Å². The van der Waals surface area contributed by atoms with Gasteiger partial charge in [0.2, 0.25) is 0 Å². The number of unbranched alkanes of at least 4 members (excludes halogenated alkanes) is 1. The van der Waals surface area contributed by atoms with Crippen molar-refractivity contribution in [1.29, 1.82) is 0 Å². The van der Waals surface area contributed by atoms with Crippen LogP contribution in [0, 0.1) is 0 Å². The minimum atomic E-state index is 0.608. The molecule has 1 aromatic carbocycles. The number of hydrogen-bond acceptors (Lipinski definition) is 4. The summed E-state index contributed by atoms with van der Waals surface area (Å²) in [7, 11) is 2.24. The van der Waals surface area contributed by atoms with E-state index < -0.39 is 0 Å². The Hall–Kier alpha value is -1.10. The maximum absolute atomic E-state index is 6.05.